The average molecular weight is 476 g/mol. The number of carbonyl (C=O) groups excluding carboxylic acids is 3. The van der Waals surface area contributed by atoms with Crippen molar-refractivity contribution in [2.45, 2.75) is 50.8 Å². The Bertz CT molecular complexity index is 1050. The minimum atomic E-state index is -4.17. The Labute approximate surface area is 194 Å². The number of hydrogen-bond donors (Lipinski definition) is 2. The number of amides is 2. The van der Waals surface area contributed by atoms with Crippen LogP contribution in [-0.4, -0.2) is 44.3 Å². The Kier molecular flexibility index (Phi) is 9.99. The number of unbranched alkanes of at least 4 members (excludes halogenated alkanes) is 3. The molecule has 0 fully saturated rings. The van der Waals surface area contributed by atoms with E-state index >= 15 is 0 Å². The predicted octanol–water partition coefficient (Wildman–Crippen LogP) is 3.08. The van der Waals surface area contributed by atoms with Gasteiger partial charge in [0, 0.05) is 18.3 Å². The molecule has 2 aromatic rings. The van der Waals surface area contributed by atoms with E-state index in [9.17, 15) is 22.8 Å². The van der Waals surface area contributed by atoms with Gasteiger partial charge in [0.15, 0.2) is 0 Å². The summed E-state index contributed by atoms with van der Waals surface area (Å²) < 4.78 is 32.0. The first-order valence-corrected chi connectivity index (χ1v) is 12.4. The van der Waals surface area contributed by atoms with E-state index in [4.69, 9.17) is 4.74 Å². The van der Waals surface area contributed by atoms with Gasteiger partial charge in [-0.25, -0.2) is 22.9 Å². The number of esters is 1. The van der Waals surface area contributed by atoms with Gasteiger partial charge in [0.1, 0.15) is 5.69 Å². The first-order valence-electron chi connectivity index (χ1n) is 10.9. The standard InChI is InChI=1S/C23H29N3O6S/c1-3-5-6-7-14-24-21(27)17-8-11-19(12-9-17)33(30,31)26-22(28)18-10-13-20(25-16-18)23(29)32-15-4-2/h8-13,16H,3-7,14-15H2,1-2H3,(H,24,27)(H,26,28). The summed E-state index contributed by atoms with van der Waals surface area (Å²) in [6.07, 6.45) is 5.90. The van der Waals surface area contributed by atoms with Gasteiger partial charge in [-0.1, -0.05) is 33.1 Å². The second-order valence-electron chi connectivity index (χ2n) is 7.34. The van der Waals surface area contributed by atoms with Crippen LogP contribution in [0.3, 0.4) is 0 Å². The number of rotatable bonds is 12. The summed E-state index contributed by atoms with van der Waals surface area (Å²) >= 11 is 0. The molecule has 0 saturated heterocycles. The van der Waals surface area contributed by atoms with E-state index in [1.165, 1.54) is 36.4 Å². The zero-order valence-corrected chi connectivity index (χ0v) is 19.6. The quantitative estimate of drug-likeness (QED) is 0.356. The molecular formula is C23H29N3O6S. The molecule has 0 aliphatic rings. The fraction of sp³-hybridized carbons (Fsp3) is 0.391. The fourth-order valence-electron chi connectivity index (χ4n) is 2.80. The average Bonchev–Trinajstić information content (AvgIpc) is 2.82. The van der Waals surface area contributed by atoms with Crippen LogP contribution in [0.25, 0.3) is 0 Å². The summed E-state index contributed by atoms with van der Waals surface area (Å²) in [6.45, 7) is 4.77. The van der Waals surface area contributed by atoms with E-state index in [0.29, 0.717) is 18.5 Å². The summed E-state index contributed by atoms with van der Waals surface area (Å²) in [5, 5.41) is 2.80. The smallest absolute Gasteiger partial charge is 0.356 e. The van der Waals surface area contributed by atoms with Crippen molar-refractivity contribution < 1.29 is 27.5 Å². The van der Waals surface area contributed by atoms with Crippen LogP contribution in [0.5, 0.6) is 0 Å². The highest BCUT2D eigenvalue weighted by molar-refractivity contribution is 7.90. The van der Waals surface area contributed by atoms with Crippen LogP contribution in [0.1, 0.15) is 77.2 Å². The van der Waals surface area contributed by atoms with Crippen molar-refractivity contribution in [3.05, 3.63) is 59.4 Å². The number of sulfonamides is 1. The van der Waals surface area contributed by atoms with Crippen LogP contribution < -0.4 is 10.0 Å². The highest BCUT2D eigenvalue weighted by Crippen LogP contribution is 2.12. The number of nitrogens with one attached hydrogen (secondary N) is 2. The van der Waals surface area contributed by atoms with Gasteiger partial charge in [-0.2, -0.15) is 0 Å². The molecule has 33 heavy (non-hydrogen) atoms. The van der Waals surface area contributed by atoms with Gasteiger partial charge in [0.2, 0.25) is 0 Å². The Balaban J connectivity index is 1.97. The lowest BCUT2D eigenvalue weighted by molar-refractivity contribution is 0.0497. The molecule has 2 amide bonds. The summed E-state index contributed by atoms with van der Waals surface area (Å²) in [6, 6.07) is 7.86. The van der Waals surface area contributed by atoms with E-state index in [2.05, 4.69) is 17.2 Å². The third-order valence-electron chi connectivity index (χ3n) is 4.64. The van der Waals surface area contributed by atoms with Crippen molar-refractivity contribution in [1.82, 2.24) is 15.0 Å². The van der Waals surface area contributed by atoms with Crippen molar-refractivity contribution in [2.75, 3.05) is 13.2 Å². The summed E-state index contributed by atoms with van der Waals surface area (Å²) in [5.74, 6) is -1.81. The van der Waals surface area contributed by atoms with Gasteiger partial charge >= 0.3 is 5.97 Å². The molecular weight excluding hydrogens is 446 g/mol. The van der Waals surface area contributed by atoms with Gasteiger partial charge in [0.05, 0.1) is 17.1 Å². The van der Waals surface area contributed by atoms with Crippen LogP contribution in [-0.2, 0) is 14.8 Å². The predicted molar refractivity (Wildman–Crippen MR) is 122 cm³/mol. The SMILES string of the molecule is CCCCCCNC(=O)c1ccc(S(=O)(=O)NC(=O)c2ccc(C(=O)OCCC)nc2)cc1. The molecule has 0 unspecified atom stereocenters. The lowest BCUT2D eigenvalue weighted by Crippen LogP contribution is -2.31. The molecule has 9 nitrogen and oxygen atoms in total. The van der Waals surface area contributed by atoms with Gasteiger partial charge in [-0.05, 0) is 49.2 Å². The monoisotopic (exact) mass is 475 g/mol. The van der Waals surface area contributed by atoms with E-state index in [-0.39, 0.29) is 28.7 Å². The number of aromatic nitrogens is 1. The molecule has 0 spiro atoms. The Morgan fingerprint density at radius 3 is 2.18 bits per heavy atom. The molecule has 2 N–H and O–H groups in total. The number of nitrogens with zero attached hydrogens (tertiary/aromatic N) is 1. The second-order valence-corrected chi connectivity index (χ2v) is 9.03. The molecule has 0 aliphatic heterocycles. The first kappa shape index (κ1) is 26.0. The number of ether oxygens (including phenoxy) is 1. The lowest BCUT2D eigenvalue weighted by Gasteiger charge is -2.09. The third kappa shape index (κ3) is 7.98. The second kappa shape index (κ2) is 12.7. The Hall–Kier alpha value is -3.27. The van der Waals surface area contributed by atoms with Gasteiger partial charge in [0.25, 0.3) is 21.8 Å². The number of hydrogen-bond acceptors (Lipinski definition) is 7. The van der Waals surface area contributed by atoms with Crippen molar-refractivity contribution in [3.8, 4) is 0 Å². The zero-order valence-electron chi connectivity index (χ0n) is 18.8. The van der Waals surface area contributed by atoms with E-state index in [1.807, 2.05) is 11.6 Å². The summed E-state index contributed by atoms with van der Waals surface area (Å²) in [4.78, 5) is 40.0. The van der Waals surface area contributed by atoms with Gasteiger partial charge in [-0.15, -0.1) is 0 Å². The van der Waals surface area contributed by atoms with Crippen LogP contribution in [0, 0.1) is 0 Å². The topological polar surface area (TPSA) is 132 Å². The molecule has 2 rings (SSSR count). The number of carbonyl (C=O) groups is 3. The molecule has 0 radical (unpaired) electrons. The summed E-state index contributed by atoms with van der Waals surface area (Å²) in [5.41, 5.74) is 0.303. The molecule has 1 aromatic carbocycles. The molecule has 0 atom stereocenters. The number of pyridine rings is 1. The van der Waals surface area contributed by atoms with Crippen molar-refractivity contribution in [1.29, 1.82) is 0 Å². The van der Waals surface area contributed by atoms with Gasteiger partial charge < -0.3 is 10.1 Å². The lowest BCUT2D eigenvalue weighted by atomic mass is 10.2. The van der Waals surface area contributed by atoms with E-state index in [0.717, 1.165) is 31.9 Å². The molecule has 1 aromatic heterocycles. The van der Waals surface area contributed by atoms with Crippen LogP contribution >= 0.6 is 0 Å². The first-order chi connectivity index (χ1) is 15.8. The Morgan fingerprint density at radius 1 is 0.879 bits per heavy atom. The molecule has 1 heterocycles. The van der Waals surface area contributed by atoms with Crippen LogP contribution in [0.15, 0.2) is 47.5 Å². The largest absolute Gasteiger partial charge is 0.461 e. The zero-order chi connectivity index (χ0) is 24.3. The maximum absolute atomic E-state index is 12.5. The maximum atomic E-state index is 12.5. The molecule has 0 bridgehead atoms. The molecule has 10 heteroatoms. The van der Waals surface area contributed by atoms with Crippen molar-refractivity contribution in [3.63, 3.8) is 0 Å². The molecule has 178 valence electrons. The highest BCUT2D eigenvalue weighted by Gasteiger charge is 2.20. The number of benzene rings is 1. The third-order valence-corrected chi connectivity index (χ3v) is 5.99. The normalized spacial score (nSPS) is 11.0. The van der Waals surface area contributed by atoms with Crippen LogP contribution in [0.2, 0.25) is 0 Å². The Morgan fingerprint density at radius 2 is 1.58 bits per heavy atom. The molecule has 0 saturated carbocycles. The van der Waals surface area contributed by atoms with Crippen LogP contribution in [0.4, 0.5) is 0 Å². The van der Waals surface area contributed by atoms with E-state index in [1.54, 1.807) is 0 Å². The van der Waals surface area contributed by atoms with Crippen molar-refractivity contribution in [2.24, 2.45) is 0 Å². The minimum Gasteiger partial charge on any atom is -0.461 e. The van der Waals surface area contributed by atoms with Gasteiger partial charge in [-0.3, -0.25) is 9.59 Å². The fourth-order valence-corrected chi connectivity index (χ4v) is 3.77. The maximum Gasteiger partial charge on any atom is 0.356 e. The molecule has 0 aliphatic carbocycles. The summed E-state index contributed by atoms with van der Waals surface area (Å²) in [7, 11) is -4.17. The van der Waals surface area contributed by atoms with Crippen molar-refractivity contribution >= 4 is 27.8 Å². The highest BCUT2D eigenvalue weighted by atomic mass is 32.2. The van der Waals surface area contributed by atoms with E-state index < -0.39 is 21.9 Å². The minimum absolute atomic E-state index is 0.0158.